The molecule has 2 aliphatic rings. The van der Waals surface area contributed by atoms with Crippen LogP contribution in [0.4, 0.5) is 0 Å². The standard InChI is InChI=1S/C65H49BN2/c1-36-29-54-62-49-26-15-14-25-48(49)52(60-40(5)20-16-21-41(60)6)35-58(62)67-59-34-50(47-24-13-10-19-39(47)4)42(7)61-55-33-44(46-23-12-9-18-38(46)3)32-53-51-31-43(45-22-11-8-17-37(45)2)27-28-57(51)68(64(53)55)66(63(59)61)56(30-36)65(54)67/h8-35H,1-7H3. The summed E-state index contributed by atoms with van der Waals surface area (Å²) in [5, 5.41) is 7.84. The summed E-state index contributed by atoms with van der Waals surface area (Å²) in [6.45, 7) is 15.9. The number of aryl methyl sites for hydroxylation is 6. The topological polar surface area (TPSA) is 9.86 Å². The highest BCUT2D eigenvalue weighted by atomic mass is 15.0. The molecule has 12 aromatic rings. The highest BCUT2D eigenvalue weighted by Gasteiger charge is 2.43. The highest BCUT2D eigenvalue weighted by molar-refractivity contribution is 6.90. The van der Waals surface area contributed by atoms with Crippen LogP contribution >= 0.6 is 0 Å². The predicted molar refractivity (Wildman–Crippen MR) is 292 cm³/mol. The number of hydrogen-bond acceptors (Lipinski definition) is 0. The van der Waals surface area contributed by atoms with E-state index in [0.717, 1.165) is 0 Å². The molecule has 0 fully saturated rings. The van der Waals surface area contributed by atoms with Gasteiger partial charge in [0.1, 0.15) is 0 Å². The molecule has 2 nitrogen and oxygen atoms in total. The zero-order chi connectivity index (χ0) is 45.9. The lowest BCUT2D eigenvalue weighted by Crippen LogP contribution is -2.55. The van der Waals surface area contributed by atoms with Crippen molar-refractivity contribution in [1.29, 1.82) is 0 Å². The molecule has 0 radical (unpaired) electrons. The van der Waals surface area contributed by atoms with Gasteiger partial charge in [0, 0.05) is 43.8 Å². The molecule has 4 heterocycles. The third kappa shape index (κ3) is 5.19. The zero-order valence-electron chi connectivity index (χ0n) is 39.6. The maximum Gasteiger partial charge on any atom is 0.333 e. The molecule has 14 rings (SSSR count). The van der Waals surface area contributed by atoms with Crippen molar-refractivity contribution >= 4 is 72.2 Å². The first-order valence-electron chi connectivity index (χ1n) is 24.2. The van der Waals surface area contributed by atoms with Crippen LogP contribution < -0.4 is 10.9 Å². The van der Waals surface area contributed by atoms with Crippen molar-refractivity contribution in [3.05, 3.63) is 209 Å². The average Bonchev–Trinajstić information content (AvgIpc) is 3.85. The molecule has 0 saturated carbocycles. The number of rotatable bonds is 4. The molecule has 10 aromatic carbocycles. The number of benzene rings is 10. The van der Waals surface area contributed by atoms with Crippen molar-refractivity contribution in [2.24, 2.45) is 0 Å². The highest BCUT2D eigenvalue weighted by Crippen LogP contribution is 2.50. The summed E-state index contributed by atoms with van der Waals surface area (Å²) in [6, 6.07) is 65.0. The van der Waals surface area contributed by atoms with Crippen LogP contribution in [-0.2, 0) is 0 Å². The lowest BCUT2D eigenvalue weighted by molar-refractivity contribution is 1.17. The Morgan fingerprint density at radius 1 is 0.368 bits per heavy atom. The van der Waals surface area contributed by atoms with E-state index >= 15 is 0 Å². The quantitative estimate of drug-likeness (QED) is 0.156. The second-order valence-corrected chi connectivity index (χ2v) is 19.9. The predicted octanol–water partition coefficient (Wildman–Crippen LogP) is 15.8. The first kappa shape index (κ1) is 39.3. The van der Waals surface area contributed by atoms with Crippen molar-refractivity contribution in [2.45, 2.75) is 48.5 Å². The van der Waals surface area contributed by atoms with E-state index < -0.39 is 0 Å². The Morgan fingerprint density at radius 3 is 1.69 bits per heavy atom. The summed E-state index contributed by atoms with van der Waals surface area (Å²) in [7, 11) is 0. The fraction of sp³-hybridized carbons (Fsp3) is 0.108. The summed E-state index contributed by atoms with van der Waals surface area (Å²) >= 11 is 0. The maximum absolute atomic E-state index is 2.75. The van der Waals surface area contributed by atoms with Gasteiger partial charge in [-0.15, -0.1) is 0 Å². The summed E-state index contributed by atoms with van der Waals surface area (Å²) in [5.41, 5.74) is 31.1. The molecule has 0 aliphatic carbocycles. The van der Waals surface area contributed by atoms with E-state index in [0.29, 0.717) is 0 Å². The minimum Gasteiger partial charge on any atom is -0.375 e. The third-order valence-electron chi connectivity index (χ3n) is 16.0. The van der Waals surface area contributed by atoms with Crippen LogP contribution in [0, 0.1) is 48.5 Å². The summed E-state index contributed by atoms with van der Waals surface area (Å²) in [5.74, 6) is 0. The van der Waals surface area contributed by atoms with Gasteiger partial charge in [0.15, 0.2) is 0 Å². The molecular weight excluding hydrogens is 820 g/mol. The Bertz CT molecular complexity index is 4210. The molecule has 0 amide bonds. The van der Waals surface area contributed by atoms with E-state index in [9.17, 15) is 0 Å². The number of nitrogens with zero attached hydrogens (tertiary/aromatic N) is 2. The van der Waals surface area contributed by atoms with E-state index in [4.69, 9.17) is 0 Å². The van der Waals surface area contributed by atoms with Crippen LogP contribution in [0.15, 0.2) is 170 Å². The minimum absolute atomic E-state index is 0.0608. The van der Waals surface area contributed by atoms with Crippen molar-refractivity contribution in [2.75, 3.05) is 0 Å². The fourth-order valence-corrected chi connectivity index (χ4v) is 13.0. The van der Waals surface area contributed by atoms with Crippen LogP contribution in [0.5, 0.6) is 0 Å². The molecule has 68 heavy (non-hydrogen) atoms. The number of fused-ring (bicyclic) bond motifs is 12. The maximum atomic E-state index is 2.75. The summed E-state index contributed by atoms with van der Waals surface area (Å²) in [4.78, 5) is 0. The minimum atomic E-state index is -0.0608. The van der Waals surface area contributed by atoms with Gasteiger partial charge in [-0.25, -0.2) is 0 Å². The first-order chi connectivity index (χ1) is 33.2. The summed E-state index contributed by atoms with van der Waals surface area (Å²) in [6.07, 6.45) is 0. The van der Waals surface area contributed by atoms with Gasteiger partial charge in [-0.3, -0.25) is 0 Å². The molecule has 0 atom stereocenters. The van der Waals surface area contributed by atoms with Crippen molar-refractivity contribution in [3.63, 3.8) is 0 Å². The molecule has 0 saturated heterocycles. The Balaban J connectivity index is 1.21. The van der Waals surface area contributed by atoms with Gasteiger partial charge in [0.2, 0.25) is 0 Å². The summed E-state index contributed by atoms with van der Waals surface area (Å²) < 4.78 is 5.44. The zero-order valence-corrected chi connectivity index (χ0v) is 39.6. The lowest BCUT2D eigenvalue weighted by Gasteiger charge is -2.36. The molecular formula is C65H49BN2. The first-order valence-corrected chi connectivity index (χ1v) is 24.2. The van der Waals surface area contributed by atoms with Crippen molar-refractivity contribution in [1.82, 2.24) is 9.05 Å². The SMILES string of the molecule is Cc1cc2c3c(c1)c1c4ccccc4c(-c4c(C)cccc4C)cc1n3-c1cc(-c3ccccc3C)c(C)c3c1B2n1c2ccc(-c4ccccc4C)cc2c2cc(-c4ccccc4C)cc-3c21. The van der Waals surface area contributed by atoms with E-state index in [1.165, 1.54) is 166 Å². The molecule has 3 heteroatoms. The van der Waals surface area contributed by atoms with E-state index in [-0.39, 0.29) is 6.85 Å². The van der Waals surface area contributed by atoms with Crippen LogP contribution in [0.3, 0.4) is 0 Å². The Kier molecular flexibility index (Phi) is 8.14. The second-order valence-electron chi connectivity index (χ2n) is 19.9. The van der Waals surface area contributed by atoms with E-state index in [1.807, 2.05) is 0 Å². The van der Waals surface area contributed by atoms with E-state index in [2.05, 4.69) is 227 Å². The average molecular weight is 869 g/mol. The Hall–Kier alpha value is -7.88. The largest absolute Gasteiger partial charge is 0.375 e. The van der Waals surface area contributed by atoms with Crippen LogP contribution in [0.1, 0.15) is 38.9 Å². The Labute approximate surface area is 397 Å². The fourth-order valence-electron chi connectivity index (χ4n) is 13.0. The normalized spacial score (nSPS) is 12.6. The van der Waals surface area contributed by atoms with Gasteiger partial charge in [-0.05, 0) is 196 Å². The molecule has 0 unspecified atom stereocenters. The smallest absolute Gasteiger partial charge is 0.333 e. The van der Waals surface area contributed by atoms with Crippen LogP contribution in [0.2, 0.25) is 0 Å². The van der Waals surface area contributed by atoms with Gasteiger partial charge in [-0.1, -0.05) is 133 Å². The van der Waals surface area contributed by atoms with E-state index in [1.54, 1.807) is 0 Å². The number of hydrogen-bond donors (Lipinski definition) is 0. The van der Waals surface area contributed by atoms with Gasteiger partial charge >= 0.3 is 6.85 Å². The number of aromatic nitrogens is 2. The molecule has 322 valence electrons. The van der Waals surface area contributed by atoms with Gasteiger partial charge in [0.25, 0.3) is 0 Å². The second kappa shape index (κ2) is 14.1. The monoisotopic (exact) mass is 868 g/mol. The van der Waals surface area contributed by atoms with Crippen LogP contribution in [0.25, 0.3) is 116 Å². The van der Waals surface area contributed by atoms with Gasteiger partial charge in [0.05, 0.1) is 11.0 Å². The molecule has 2 aromatic heterocycles. The van der Waals surface area contributed by atoms with Crippen molar-refractivity contribution < 1.29 is 0 Å². The molecule has 0 spiro atoms. The molecule has 0 N–H and O–H groups in total. The molecule has 2 aliphatic heterocycles. The van der Waals surface area contributed by atoms with Crippen LogP contribution in [-0.4, -0.2) is 15.9 Å². The Morgan fingerprint density at radius 2 is 0.985 bits per heavy atom. The van der Waals surface area contributed by atoms with Gasteiger partial charge in [-0.2, -0.15) is 0 Å². The third-order valence-corrected chi connectivity index (χ3v) is 16.0. The van der Waals surface area contributed by atoms with Gasteiger partial charge < -0.3 is 9.05 Å². The molecule has 0 bridgehead atoms. The lowest BCUT2D eigenvalue weighted by atomic mass is 9.45. The van der Waals surface area contributed by atoms with Crippen molar-refractivity contribution in [3.8, 4) is 61.3 Å².